The Morgan fingerprint density at radius 2 is 2.25 bits per heavy atom. The molecular formula is C13H13BrClN3O2. The molecule has 0 aliphatic carbocycles. The van der Waals surface area contributed by atoms with Gasteiger partial charge in [-0.15, -0.1) is 0 Å². The van der Waals surface area contributed by atoms with Crippen molar-refractivity contribution in [3.8, 4) is 0 Å². The Labute approximate surface area is 129 Å². The van der Waals surface area contributed by atoms with Gasteiger partial charge in [0.25, 0.3) is 0 Å². The molecule has 106 valence electrons. The van der Waals surface area contributed by atoms with Crippen LogP contribution in [-0.2, 0) is 18.4 Å². The number of carbonyl (C=O) groups excluding carboxylic acids is 1. The van der Waals surface area contributed by atoms with Crippen molar-refractivity contribution >= 4 is 39.2 Å². The summed E-state index contributed by atoms with van der Waals surface area (Å²) in [5.74, 6) is -0.518. The number of anilines is 1. The SMILES string of the molecule is Cc1nn(C)c(COC(=O)c2cc(Cl)ccc2N)c1Br. The molecule has 5 nitrogen and oxygen atoms in total. The Balaban J connectivity index is 2.15. The van der Waals surface area contributed by atoms with Crippen LogP contribution in [0.15, 0.2) is 22.7 Å². The molecule has 7 heteroatoms. The van der Waals surface area contributed by atoms with E-state index in [-0.39, 0.29) is 12.2 Å². The molecule has 0 saturated carbocycles. The fourth-order valence-electron chi connectivity index (χ4n) is 1.75. The van der Waals surface area contributed by atoms with Gasteiger partial charge in [0.2, 0.25) is 0 Å². The molecule has 0 saturated heterocycles. The summed E-state index contributed by atoms with van der Waals surface area (Å²) in [5, 5.41) is 4.66. The molecule has 1 heterocycles. The van der Waals surface area contributed by atoms with E-state index in [0.29, 0.717) is 10.7 Å². The fourth-order valence-corrected chi connectivity index (χ4v) is 2.38. The summed E-state index contributed by atoms with van der Waals surface area (Å²) in [5.41, 5.74) is 7.94. The normalized spacial score (nSPS) is 10.6. The van der Waals surface area contributed by atoms with Crippen LogP contribution in [0.25, 0.3) is 0 Å². The number of carbonyl (C=O) groups is 1. The van der Waals surface area contributed by atoms with E-state index in [0.717, 1.165) is 15.9 Å². The predicted molar refractivity (Wildman–Crippen MR) is 80.6 cm³/mol. The van der Waals surface area contributed by atoms with Crippen molar-refractivity contribution in [2.75, 3.05) is 5.73 Å². The molecule has 0 atom stereocenters. The minimum Gasteiger partial charge on any atom is -0.455 e. The highest BCUT2D eigenvalue weighted by Gasteiger charge is 2.16. The van der Waals surface area contributed by atoms with Crippen LogP contribution in [0.1, 0.15) is 21.7 Å². The van der Waals surface area contributed by atoms with E-state index in [4.69, 9.17) is 22.1 Å². The number of rotatable bonds is 3. The summed E-state index contributed by atoms with van der Waals surface area (Å²) < 4.78 is 7.74. The molecule has 0 spiro atoms. The third kappa shape index (κ3) is 2.96. The van der Waals surface area contributed by atoms with Crippen molar-refractivity contribution < 1.29 is 9.53 Å². The first-order chi connectivity index (χ1) is 9.40. The molecule has 0 amide bonds. The Morgan fingerprint density at radius 1 is 1.55 bits per heavy atom. The lowest BCUT2D eigenvalue weighted by Crippen LogP contribution is -2.10. The summed E-state index contributed by atoms with van der Waals surface area (Å²) in [6.07, 6.45) is 0. The second-order valence-corrected chi connectivity index (χ2v) is 5.51. The quantitative estimate of drug-likeness (QED) is 0.676. The number of halogens is 2. The molecule has 0 radical (unpaired) electrons. The zero-order valence-electron chi connectivity index (χ0n) is 11.0. The highest BCUT2D eigenvalue weighted by molar-refractivity contribution is 9.10. The van der Waals surface area contributed by atoms with Gasteiger partial charge in [0.15, 0.2) is 0 Å². The molecule has 1 aromatic carbocycles. The van der Waals surface area contributed by atoms with E-state index in [1.54, 1.807) is 23.9 Å². The maximum Gasteiger partial charge on any atom is 0.340 e. The first-order valence-electron chi connectivity index (χ1n) is 5.80. The summed E-state index contributed by atoms with van der Waals surface area (Å²) in [6.45, 7) is 1.97. The number of nitrogens with two attached hydrogens (primary N) is 1. The number of aromatic nitrogens is 2. The number of nitrogen functional groups attached to an aromatic ring is 1. The highest BCUT2D eigenvalue weighted by atomic mass is 79.9. The van der Waals surface area contributed by atoms with Crippen molar-refractivity contribution in [1.82, 2.24) is 9.78 Å². The van der Waals surface area contributed by atoms with E-state index < -0.39 is 5.97 Å². The maximum absolute atomic E-state index is 12.0. The molecule has 0 aliphatic heterocycles. The van der Waals surface area contributed by atoms with Gasteiger partial charge in [-0.3, -0.25) is 4.68 Å². The summed E-state index contributed by atoms with van der Waals surface area (Å²) in [6, 6.07) is 4.68. The number of hydrogen-bond donors (Lipinski definition) is 1. The van der Waals surface area contributed by atoms with E-state index in [1.165, 1.54) is 6.07 Å². The smallest absolute Gasteiger partial charge is 0.340 e. The second-order valence-electron chi connectivity index (χ2n) is 4.28. The van der Waals surface area contributed by atoms with Crippen LogP contribution in [0.5, 0.6) is 0 Å². The number of benzene rings is 1. The summed E-state index contributed by atoms with van der Waals surface area (Å²) in [7, 11) is 1.79. The van der Waals surface area contributed by atoms with Crippen LogP contribution in [0.4, 0.5) is 5.69 Å². The molecule has 20 heavy (non-hydrogen) atoms. The Bertz CT molecular complexity index is 670. The summed E-state index contributed by atoms with van der Waals surface area (Å²) in [4.78, 5) is 12.0. The molecule has 2 aromatic rings. The average Bonchev–Trinajstić information content (AvgIpc) is 2.64. The van der Waals surface area contributed by atoms with Gasteiger partial charge in [-0.25, -0.2) is 4.79 Å². The third-order valence-electron chi connectivity index (χ3n) is 2.84. The van der Waals surface area contributed by atoms with Gasteiger partial charge in [-0.2, -0.15) is 5.10 Å². The fraction of sp³-hybridized carbons (Fsp3) is 0.231. The monoisotopic (exact) mass is 357 g/mol. The molecule has 0 fully saturated rings. The van der Waals surface area contributed by atoms with Gasteiger partial charge in [-0.05, 0) is 41.1 Å². The Morgan fingerprint density at radius 3 is 2.85 bits per heavy atom. The standard InChI is InChI=1S/C13H13BrClN3O2/c1-7-12(14)11(18(2)17-7)6-20-13(19)9-5-8(15)3-4-10(9)16/h3-5H,6,16H2,1-2H3. The van der Waals surface area contributed by atoms with Crippen LogP contribution in [0.2, 0.25) is 5.02 Å². The van der Waals surface area contributed by atoms with E-state index in [9.17, 15) is 4.79 Å². The largest absolute Gasteiger partial charge is 0.455 e. The molecule has 2 N–H and O–H groups in total. The number of ether oxygens (including phenoxy) is 1. The molecule has 2 rings (SSSR count). The average molecular weight is 359 g/mol. The molecular weight excluding hydrogens is 346 g/mol. The van der Waals surface area contributed by atoms with Crippen LogP contribution in [0, 0.1) is 6.92 Å². The van der Waals surface area contributed by atoms with Crippen LogP contribution < -0.4 is 5.73 Å². The van der Waals surface area contributed by atoms with Crippen LogP contribution in [-0.4, -0.2) is 15.7 Å². The third-order valence-corrected chi connectivity index (χ3v) is 4.10. The maximum atomic E-state index is 12.0. The van der Waals surface area contributed by atoms with Crippen molar-refractivity contribution in [2.24, 2.45) is 7.05 Å². The number of hydrogen-bond acceptors (Lipinski definition) is 4. The summed E-state index contributed by atoms with van der Waals surface area (Å²) >= 11 is 9.26. The van der Waals surface area contributed by atoms with E-state index in [2.05, 4.69) is 21.0 Å². The predicted octanol–water partition coefficient (Wildman–Crippen LogP) is 3.08. The lowest BCUT2D eigenvalue weighted by molar-refractivity contribution is 0.0464. The minimum absolute atomic E-state index is 0.0999. The minimum atomic E-state index is -0.518. The van der Waals surface area contributed by atoms with E-state index >= 15 is 0 Å². The Hall–Kier alpha value is -1.53. The Kier molecular flexibility index (Phi) is 4.35. The molecule has 0 aliphatic rings. The molecule has 1 aromatic heterocycles. The van der Waals surface area contributed by atoms with Gasteiger partial charge in [0.05, 0.1) is 21.4 Å². The van der Waals surface area contributed by atoms with Crippen molar-refractivity contribution in [1.29, 1.82) is 0 Å². The van der Waals surface area contributed by atoms with Crippen molar-refractivity contribution in [3.63, 3.8) is 0 Å². The van der Waals surface area contributed by atoms with Crippen molar-refractivity contribution in [2.45, 2.75) is 13.5 Å². The number of nitrogens with zero attached hydrogens (tertiary/aromatic N) is 2. The van der Waals surface area contributed by atoms with Crippen LogP contribution >= 0.6 is 27.5 Å². The van der Waals surface area contributed by atoms with Gasteiger partial charge in [0.1, 0.15) is 6.61 Å². The highest BCUT2D eigenvalue weighted by Crippen LogP contribution is 2.23. The lowest BCUT2D eigenvalue weighted by Gasteiger charge is -2.08. The van der Waals surface area contributed by atoms with Gasteiger partial charge >= 0.3 is 5.97 Å². The van der Waals surface area contributed by atoms with Gasteiger partial charge in [-0.1, -0.05) is 11.6 Å². The zero-order chi connectivity index (χ0) is 14.9. The van der Waals surface area contributed by atoms with Gasteiger partial charge < -0.3 is 10.5 Å². The second kappa shape index (κ2) is 5.85. The van der Waals surface area contributed by atoms with Crippen molar-refractivity contribution in [3.05, 3.63) is 44.6 Å². The molecule has 0 bridgehead atoms. The van der Waals surface area contributed by atoms with Crippen LogP contribution in [0.3, 0.4) is 0 Å². The zero-order valence-corrected chi connectivity index (χ0v) is 13.3. The number of esters is 1. The van der Waals surface area contributed by atoms with E-state index in [1.807, 2.05) is 6.92 Å². The molecule has 0 unspecified atom stereocenters. The first kappa shape index (κ1) is 14.9. The number of aryl methyl sites for hydroxylation is 2. The lowest BCUT2D eigenvalue weighted by atomic mass is 10.2. The topological polar surface area (TPSA) is 70.1 Å². The van der Waals surface area contributed by atoms with Gasteiger partial charge in [0, 0.05) is 17.8 Å². The first-order valence-corrected chi connectivity index (χ1v) is 6.97.